The molecule has 2 amide bonds. The fourth-order valence-corrected chi connectivity index (χ4v) is 7.70. The van der Waals surface area contributed by atoms with Crippen LogP contribution in [0.2, 0.25) is 10.0 Å². The van der Waals surface area contributed by atoms with Gasteiger partial charge in [0.05, 0.1) is 27.2 Å². The van der Waals surface area contributed by atoms with Gasteiger partial charge in [-0.2, -0.15) is 0 Å². The summed E-state index contributed by atoms with van der Waals surface area (Å²) in [6.07, 6.45) is 3.98. The molecular formula is C37H39Cl2N3O5S. The highest BCUT2D eigenvalue weighted by Gasteiger charge is 2.36. The van der Waals surface area contributed by atoms with Crippen LogP contribution in [0.15, 0.2) is 108 Å². The maximum Gasteiger partial charge on any atom is 0.264 e. The van der Waals surface area contributed by atoms with Gasteiger partial charge in [0.1, 0.15) is 18.3 Å². The topological polar surface area (TPSA) is 96.0 Å². The summed E-state index contributed by atoms with van der Waals surface area (Å²) in [6, 6.07) is 28.2. The standard InChI is InChI=1S/C37H39Cl2N3O5S/c1-2-47-35-20-12-11-19-33(35)42(48(45,46)30-17-7-4-8-18-30)26-36(43)41(25-28-21-22-31(38)32(39)23-28)34(24-27-13-5-3-6-14-27)37(44)40-29-15-9-10-16-29/h3-8,11-14,17-23,29,34H,2,9-10,15-16,24-26H2,1H3,(H,40,44)/t34-/m1/s1. The predicted octanol–water partition coefficient (Wildman–Crippen LogP) is 7.29. The van der Waals surface area contributed by atoms with Gasteiger partial charge in [0.15, 0.2) is 0 Å². The quantitative estimate of drug-likeness (QED) is 0.149. The molecule has 4 aromatic carbocycles. The Bertz CT molecular complexity index is 1800. The lowest BCUT2D eigenvalue weighted by Crippen LogP contribution is -2.54. The van der Waals surface area contributed by atoms with Crippen LogP contribution in [0.25, 0.3) is 0 Å². The molecule has 0 radical (unpaired) electrons. The van der Waals surface area contributed by atoms with Crippen molar-refractivity contribution in [3.63, 3.8) is 0 Å². The van der Waals surface area contributed by atoms with Crippen LogP contribution >= 0.6 is 23.2 Å². The zero-order chi connectivity index (χ0) is 34.1. The number of hydrogen-bond acceptors (Lipinski definition) is 5. The Morgan fingerprint density at radius 2 is 1.50 bits per heavy atom. The minimum Gasteiger partial charge on any atom is -0.492 e. The Labute approximate surface area is 292 Å². The van der Waals surface area contributed by atoms with Crippen LogP contribution < -0.4 is 14.4 Å². The summed E-state index contributed by atoms with van der Waals surface area (Å²) in [5.41, 5.74) is 1.70. The molecule has 8 nitrogen and oxygen atoms in total. The van der Waals surface area contributed by atoms with Gasteiger partial charge in [-0.3, -0.25) is 13.9 Å². The number of nitrogens with one attached hydrogen (secondary N) is 1. The van der Waals surface area contributed by atoms with Crippen molar-refractivity contribution in [1.29, 1.82) is 0 Å². The summed E-state index contributed by atoms with van der Waals surface area (Å²) in [7, 11) is -4.27. The molecule has 11 heteroatoms. The number of para-hydroxylation sites is 2. The number of rotatable bonds is 14. The van der Waals surface area contributed by atoms with Gasteiger partial charge in [-0.05, 0) is 67.3 Å². The van der Waals surface area contributed by atoms with Crippen molar-refractivity contribution in [2.24, 2.45) is 0 Å². The SMILES string of the molecule is CCOc1ccccc1N(CC(=O)N(Cc1ccc(Cl)c(Cl)c1)[C@H](Cc1ccccc1)C(=O)NC1CCCC1)S(=O)(=O)c1ccccc1. The van der Waals surface area contributed by atoms with E-state index in [1.807, 2.05) is 30.3 Å². The molecular weight excluding hydrogens is 669 g/mol. The van der Waals surface area contributed by atoms with Gasteiger partial charge in [-0.25, -0.2) is 8.42 Å². The zero-order valence-corrected chi connectivity index (χ0v) is 29.1. The third-order valence-electron chi connectivity index (χ3n) is 8.35. The van der Waals surface area contributed by atoms with E-state index in [2.05, 4.69) is 5.32 Å². The highest BCUT2D eigenvalue weighted by Crippen LogP contribution is 2.33. The number of sulfonamides is 1. The molecule has 0 bridgehead atoms. The van der Waals surface area contributed by atoms with Crippen molar-refractivity contribution < 1.29 is 22.7 Å². The van der Waals surface area contributed by atoms with E-state index in [4.69, 9.17) is 27.9 Å². The predicted molar refractivity (Wildman–Crippen MR) is 190 cm³/mol. The van der Waals surface area contributed by atoms with Crippen LogP contribution in [0, 0.1) is 0 Å². The molecule has 0 aromatic heterocycles. The molecule has 252 valence electrons. The van der Waals surface area contributed by atoms with Crippen LogP contribution in [0.1, 0.15) is 43.7 Å². The van der Waals surface area contributed by atoms with Crippen LogP contribution in [0.4, 0.5) is 5.69 Å². The van der Waals surface area contributed by atoms with Crippen molar-refractivity contribution >= 4 is 50.7 Å². The summed E-state index contributed by atoms with van der Waals surface area (Å²) in [5.74, 6) is -0.566. The molecule has 0 saturated heterocycles. The van der Waals surface area contributed by atoms with Crippen LogP contribution in [-0.4, -0.2) is 50.4 Å². The third-order valence-corrected chi connectivity index (χ3v) is 10.9. The van der Waals surface area contributed by atoms with Gasteiger partial charge in [0.2, 0.25) is 11.8 Å². The van der Waals surface area contributed by atoms with Gasteiger partial charge in [-0.1, -0.05) is 103 Å². The maximum atomic E-state index is 14.7. The molecule has 1 N–H and O–H groups in total. The van der Waals surface area contributed by atoms with E-state index in [1.54, 1.807) is 67.6 Å². The molecule has 0 heterocycles. The van der Waals surface area contributed by atoms with Gasteiger partial charge in [0.25, 0.3) is 10.0 Å². The summed E-state index contributed by atoms with van der Waals surface area (Å²) in [6.45, 7) is 1.48. The lowest BCUT2D eigenvalue weighted by Gasteiger charge is -2.34. The minimum atomic E-state index is -4.27. The first-order valence-corrected chi connectivity index (χ1v) is 18.2. The first-order valence-electron chi connectivity index (χ1n) is 16.0. The Morgan fingerprint density at radius 1 is 0.854 bits per heavy atom. The fourth-order valence-electron chi connectivity index (χ4n) is 5.93. The molecule has 0 unspecified atom stereocenters. The largest absolute Gasteiger partial charge is 0.492 e. The van der Waals surface area contributed by atoms with Crippen molar-refractivity contribution in [2.45, 2.75) is 62.6 Å². The highest BCUT2D eigenvalue weighted by molar-refractivity contribution is 7.92. The average Bonchev–Trinajstić information content (AvgIpc) is 3.61. The summed E-state index contributed by atoms with van der Waals surface area (Å²) in [4.78, 5) is 30.4. The first kappa shape index (κ1) is 35.3. The van der Waals surface area contributed by atoms with E-state index >= 15 is 0 Å². The molecule has 1 aliphatic carbocycles. The second kappa shape index (κ2) is 16.4. The normalized spacial score (nSPS) is 13.9. The Morgan fingerprint density at radius 3 is 2.17 bits per heavy atom. The number of carbonyl (C=O) groups excluding carboxylic acids is 2. The number of hydrogen-bond donors (Lipinski definition) is 1. The molecule has 5 rings (SSSR count). The van der Waals surface area contributed by atoms with E-state index in [0.717, 1.165) is 35.6 Å². The molecule has 1 aliphatic rings. The molecule has 0 aliphatic heterocycles. The second-order valence-corrected chi connectivity index (χ2v) is 14.4. The molecule has 1 fully saturated rings. The van der Waals surface area contributed by atoms with E-state index < -0.39 is 28.5 Å². The molecule has 4 aromatic rings. The molecule has 1 saturated carbocycles. The van der Waals surface area contributed by atoms with E-state index in [0.29, 0.717) is 21.4 Å². The summed E-state index contributed by atoms with van der Waals surface area (Å²) in [5, 5.41) is 3.83. The van der Waals surface area contributed by atoms with E-state index in [9.17, 15) is 18.0 Å². The number of carbonyl (C=O) groups is 2. The van der Waals surface area contributed by atoms with Gasteiger partial charge in [-0.15, -0.1) is 0 Å². The lowest BCUT2D eigenvalue weighted by atomic mass is 10.0. The Kier molecular flexibility index (Phi) is 12.0. The van der Waals surface area contributed by atoms with Crippen molar-refractivity contribution in [3.8, 4) is 5.75 Å². The number of benzene rings is 4. The van der Waals surface area contributed by atoms with Crippen LogP contribution in [0.3, 0.4) is 0 Å². The molecule has 0 spiro atoms. The van der Waals surface area contributed by atoms with E-state index in [-0.39, 0.29) is 42.1 Å². The second-order valence-electron chi connectivity index (χ2n) is 11.7. The lowest BCUT2D eigenvalue weighted by molar-refractivity contribution is -0.140. The fraction of sp³-hybridized carbons (Fsp3) is 0.297. The summed E-state index contributed by atoms with van der Waals surface area (Å²) < 4.78 is 35.5. The smallest absolute Gasteiger partial charge is 0.264 e. The number of nitrogens with zero attached hydrogens (tertiary/aromatic N) is 2. The van der Waals surface area contributed by atoms with Crippen molar-refractivity contribution in [3.05, 3.63) is 124 Å². The zero-order valence-electron chi connectivity index (χ0n) is 26.7. The Hall–Kier alpha value is -4.05. The highest BCUT2D eigenvalue weighted by atomic mass is 35.5. The molecule has 48 heavy (non-hydrogen) atoms. The number of amides is 2. The van der Waals surface area contributed by atoms with Gasteiger partial charge < -0.3 is 15.0 Å². The van der Waals surface area contributed by atoms with Gasteiger partial charge in [0, 0.05) is 19.0 Å². The van der Waals surface area contributed by atoms with Gasteiger partial charge >= 0.3 is 0 Å². The minimum absolute atomic E-state index is 0.00530. The first-order chi connectivity index (χ1) is 23.2. The summed E-state index contributed by atoms with van der Waals surface area (Å²) >= 11 is 12.6. The number of halogens is 2. The van der Waals surface area contributed by atoms with Crippen LogP contribution in [0.5, 0.6) is 5.75 Å². The molecule has 1 atom stereocenters. The van der Waals surface area contributed by atoms with Crippen molar-refractivity contribution in [2.75, 3.05) is 17.5 Å². The Balaban J connectivity index is 1.60. The average molecular weight is 709 g/mol. The third kappa shape index (κ3) is 8.69. The number of anilines is 1. The van der Waals surface area contributed by atoms with E-state index in [1.165, 1.54) is 17.0 Å². The number of ether oxygens (including phenoxy) is 1. The van der Waals surface area contributed by atoms with Crippen molar-refractivity contribution in [1.82, 2.24) is 10.2 Å². The monoisotopic (exact) mass is 707 g/mol. The maximum absolute atomic E-state index is 14.7. The van der Waals surface area contributed by atoms with Crippen LogP contribution in [-0.2, 0) is 32.6 Å².